The van der Waals surface area contributed by atoms with Gasteiger partial charge in [0.05, 0.1) is 12.2 Å². The summed E-state index contributed by atoms with van der Waals surface area (Å²) >= 11 is 0. The van der Waals surface area contributed by atoms with E-state index in [1.165, 1.54) is 13.8 Å². The molecule has 0 aliphatic carbocycles. The van der Waals surface area contributed by atoms with Gasteiger partial charge in [-0.3, -0.25) is 9.59 Å². The van der Waals surface area contributed by atoms with Crippen molar-refractivity contribution in [2.75, 3.05) is 13.2 Å². The molecule has 3 N–H and O–H groups in total. The summed E-state index contributed by atoms with van der Waals surface area (Å²) in [6, 6.07) is 2.15. The minimum atomic E-state index is -1.28. The van der Waals surface area contributed by atoms with E-state index >= 15 is 0 Å². The van der Waals surface area contributed by atoms with Crippen molar-refractivity contribution in [1.82, 2.24) is 10.6 Å². The van der Waals surface area contributed by atoms with Crippen LogP contribution in [0.25, 0.3) is 0 Å². The molecule has 1 atom stereocenters. The molecule has 2 amide bonds. The summed E-state index contributed by atoms with van der Waals surface area (Å²) in [6.07, 6.45) is 0.155. The maximum atomic E-state index is 13.6. The Kier molecular flexibility index (Phi) is 7.86. The number of benzene rings is 1. The Labute approximate surface area is 158 Å². The molecule has 0 aromatic heterocycles. The molecule has 1 rings (SSSR count). The molecule has 0 unspecified atom stereocenters. The molecule has 0 radical (unpaired) electrons. The van der Waals surface area contributed by atoms with Crippen molar-refractivity contribution in [3.05, 3.63) is 35.4 Å². The summed E-state index contributed by atoms with van der Waals surface area (Å²) < 4.78 is 32.1. The molecule has 0 fully saturated rings. The van der Waals surface area contributed by atoms with Crippen molar-refractivity contribution in [2.45, 2.75) is 52.9 Å². The molecule has 27 heavy (non-hydrogen) atoms. The Morgan fingerprint density at radius 2 is 1.85 bits per heavy atom. The van der Waals surface area contributed by atoms with E-state index in [9.17, 15) is 23.5 Å². The van der Waals surface area contributed by atoms with Gasteiger partial charge in [0.25, 0.3) is 5.91 Å². The fraction of sp³-hybridized carbons (Fsp3) is 0.579. The zero-order chi connectivity index (χ0) is 20.8. The minimum Gasteiger partial charge on any atom is -0.366 e. The monoisotopic (exact) mass is 386 g/mol. The van der Waals surface area contributed by atoms with Crippen LogP contribution < -0.4 is 10.6 Å². The lowest BCUT2D eigenvalue weighted by atomic mass is 9.90. The van der Waals surface area contributed by atoms with E-state index in [1.807, 2.05) is 13.8 Å². The molecule has 0 heterocycles. The lowest BCUT2D eigenvalue weighted by Crippen LogP contribution is -2.43. The van der Waals surface area contributed by atoms with Crippen LogP contribution in [0.1, 0.15) is 51.4 Å². The summed E-state index contributed by atoms with van der Waals surface area (Å²) in [7, 11) is 0. The highest BCUT2D eigenvalue weighted by Crippen LogP contribution is 2.22. The lowest BCUT2D eigenvalue weighted by Gasteiger charge is -2.28. The van der Waals surface area contributed by atoms with Crippen molar-refractivity contribution in [3.63, 3.8) is 0 Å². The topological polar surface area (TPSA) is 87.7 Å². The summed E-state index contributed by atoms with van der Waals surface area (Å²) in [6.45, 7) is 8.63. The maximum Gasteiger partial charge on any atom is 0.254 e. The van der Waals surface area contributed by atoms with Crippen LogP contribution in [0.2, 0.25) is 0 Å². The number of nitrogens with one attached hydrogen (secondary N) is 2. The van der Waals surface area contributed by atoms with Crippen LogP contribution >= 0.6 is 0 Å². The number of amides is 2. The number of hydrogen-bond donors (Lipinski definition) is 3. The van der Waals surface area contributed by atoms with Gasteiger partial charge in [-0.2, -0.15) is 0 Å². The average molecular weight is 386 g/mol. The zero-order valence-corrected chi connectivity index (χ0v) is 16.4. The molecular formula is C19H28F2N2O4. The molecule has 8 heteroatoms. The summed E-state index contributed by atoms with van der Waals surface area (Å²) in [5, 5.41) is 14.8. The van der Waals surface area contributed by atoms with Crippen molar-refractivity contribution in [3.8, 4) is 0 Å². The predicted molar refractivity (Wildman–Crippen MR) is 96.9 cm³/mol. The maximum absolute atomic E-state index is 13.6. The Hall–Kier alpha value is -2.06. The lowest BCUT2D eigenvalue weighted by molar-refractivity contribution is -0.192. The van der Waals surface area contributed by atoms with Gasteiger partial charge in [0.1, 0.15) is 11.6 Å². The predicted octanol–water partition coefficient (Wildman–Crippen LogP) is 2.36. The number of hydrogen-bond acceptors (Lipinski definition) is 4. The third kappa shape index (κ3) is 8.92. The Morgan fingerprint density at radius 3 is 2.44 bits per heavy atom. The van der Waals surface area contributed by atoms with E-state index < -0.39 is 40.3 Å². The average Bonchev–Trinajstić information content (AvgIpc) is 2.52. The van der Waals surface area contributed by atoms with Crippen LogP contribution in [0.5, 0.6) is 0 Å². The van der Waals surface area contributed by atoms with Crippen molar-refractivity contribution >= 4 is 11.8 Å². The van der Waals surface area contributed by atoms with Gasteiger partial charge in [-0.1, -0.05) is 13.8 Å². The zero-order valence-electron chi connectivity index (χ0n) is 16.4. The van der Waals surface area contributed by atoms with Gasteiger partial charge in [-0.15, -0.1) is 0 Å². The van der Waals surface area contributed by atoms with E-state index in [4.69, 9.17) is 4.74 Å². The number of ether oxygens (including phenoxy) is 1. The molecular weight excluding hydrogens is 358 g/mol. The van der Waals surface area contributed by atoms with Crippen LogP contribution in [-0.2, 0) is 9.53 Å². The van der Waals surface area contributed by atoms with Gasteiger partial charge in [-0.25, -0.2) is 8.78 Å². The molecule has 0 aliphatic rings. The van der Waals surface area contributed by atoms with Gasteiger partial charge < -0.3 is 20.5 Å². The minimum absolute atomic E-state index is 0.129. The van der Waals surface area contributed by atoms with E-state index in [1.54, 1.807) is 6.92 Å². The summed E-state index contributed by atoms with van der Waals surface area (Å²) in [5.74, 6) is -3.82. The third-order valence-corrected chi connectivity index (χ3v) is 3.61. The first-order chi connectivity index (χ1) is 12.3. The van der Waals surface area contributed by atoms with E-state index in [0.717, 1.165) is 18.2 Å². The van der Waals surface area contributed by atoms with Crippen molar-refractivity contribution < 1.29 is 28.2 Å². The Morgan fingerprint density at radius 1 is 1.22 bits per heavy atom. The fourth-order valence-corrected chi connectivity index (χ4v) is 2.21. The van der Waals surface area contributed by atoms with Gasteiger partial charge in [-0.05, 0) is 44.4 Å². The molecule has 0 aliphatic heterocycles. The molecule has 0 saturated carbocycles. The first kappa shape index (κ1) is 23.0. The van der Waals surface area contributed by atoms with Crippen LogP contribution in [0.4, 0.5) is 8.78 Å². The van der Waals surface area contributed by atoms with Crippen LogP contribution in [-0.4, -0.2) is 41.9 Å². The fourth-order valence-electron chi connectivity index (χ4n) is 2.21. The quantitative estimate of drug-likeness (QED) is 0.569. The summed E-state index contributed by atoms with van der Waals surface area (Å²) in [4.78, 5) is 24.1. The molecule has 152 valence electrons. The molecule has 0 saturated heterocycles. The van der Waals surface area contributed by atoms with E-state index in [-0.39, 0.29) is 25.5 Å². The molecule has 0 bridgehead atoms. The Bertz CT molecular complexity index is 672. The molecule has 0 spiro atoms. The van der Waals surface area contributed by atoms with Crippen LogP contribution in [0.3, 0.4) is 0 Å². The van der Waals surface area contributed by atoms with Gasteiger partial charge in [0, 0.05) is 19.0 Å². The molecule has 6 nitrogen and oxygen atoms in total. The normalized spacial score (nSPS) is 13.2. The standard InChI is InChI=1S/C19H28F2N2O4/c1-12(23-17(25)14-8-13(20)6-7-15(14)21)10-22-16(24)9-18(2,3)11-27-19(4,5)26/h6-8,12,26H,9-11H2,1-5H3,(H,22,24)(H,23,25)/t12-/m0/s1. The number of carbonyl (C=O) groups is 2. The largest absolute Gasteiger partial charge is 0.366 e. The van der Waals surface area contributed by atoms with E-state index in [2.05, 4.69) is 10.6 Å². The number of carbonyl (C=O) groups excluding carboxylic acids is 2. The molecule has 1 aromatic rings. The highest BCUT2D eigenvalue weighted by atomic mass is 19.1. The number of rotatable bonds is 9. The highest BCUT2D eigenvalue weighted by molar-refractivity contribution is 5.94. The second-order valence-electron chi connectivity index (χ2n) is 7.88. The second-order valence-corrected chi connectivity index (χ2v) is 7.88. The highest BCUT2D eigenvalue weighted by Gasteiger charge is 2.26. The van der Waals surface area contributed by atoms with E-state index in [0.29, 0.717) is 0 Å². The number of aliphatic hydroxyl groups is 1. The van der Waals surface area contributed by atoms with Crippen molar-refractivity contribution in [1.29, 1.82) is 0 Å². The van der Waals surface area contributed by atoms with Gasteiger partial charge in [0.15, 0.2) is 5.79 Å². The summed E-state index contributed by atoms with van der Waals surface area (Å²) in [5.41, 5.74) is -0.889. The van der Waals surface area contributed by atoms with Crippen molar-refractivity contribution in [2.24, 2.45) is 5.41 Å². The first-order valence-corrected chi connectivity index (χ1v) is 8.68. The third-order valence-electron chi connectivity index (χ3n) is 3.61. The Balaban J connectivity index is 2.47. The second kappa shape index (κ2) is 9.23. The van der Waals surface area contributed by atoms with Gasteiger partial charge >= 0.3 is 0 Å². The molecule has 1 aromatic carbocycles. The van der Waals surface area contributed by atoms with Crippen LogP contribution in [0, 0.1) is 17.0 Å². The number of halogens is 2. The van der Waals surface area contributed by atoms with Crippen LogP contribution in [0.15, 0.2) is 18.2 Å². The van der Waals surface area contributed by atoms with Gasteiger partial charge in [0.2, 0.25) is 5.91 Å². The first-order valence-electron chi connectivity index (χ1n) is 8.68. The SMILES string of the molecule is C[C@@H](CNC(=O)CC(C)(C)COC(C)(C)O)NC(=O)c1cc(F)ccc1F. The smallest absolute Gasteiger partial charge is 0.254 e.